The van der Waals surface area contributed by atoms with Gasteiger partial charge in [0.2, 0.25) is 0 Å². The standard InChI is InChI=1S/C22H38O6S2/c1-21(2,3)27-19(25)15-17(23)11-7-9-13-29-30-14-10-8-12-18(24)16-20(26)28-22(4,5)6/h7-8,11-12,17-18,23-24H,9-10,13-16H2,1-6H3/b11-7+,12-8+. The first-order valence-corrected chi connectivity index (χ1v) is 12.6. The second kappa shape index (κ2) is 14.9. The Morgan fingerprint density at radius 3 is 1.40 bits per heavy atom. The molecule has 0 aromatic rings. The molecule has 0 aromatic carbocycles. The van der Waals surface area contributed by atoms with Gasteiger partial charge in [0.1, 0.15) is 11.2 Å². The third kappa shape index (κ3) is 20.3. The van der Waals surface area contributed by atoms with E-state index < -0.39 is 35.3 Å². The average Bonchev–Trinajstić information content (AvgIpc) is 2.52. The summed E-state index contributed by atoms with van der Waals surface area (Å²) in [5.74, 6) is 0.971. The van der Waals surface area contributed by atoms with Crippen LogP contribution in [0.1, 0.15) is 67.2 Å². The van der Waals surface area contributed by atoms with Crippen molar-refractivity contribution >= 4 is 33.5 Å². The minimum atomic E-state index is -0.824. The summed E-state index contributed by atoms with van der Waals surface area (Å²) in [5.41, 5.74) is -1.08. The van der Waals surface area contributed by atoms with E-state index in [2.05, 4.69) is 0 Å². The van der Waals surface area contributed by atoms with Gasteiger partial charge < -0.3 is 19.7 Å². The number of aliphatic hydroxyl groups excluding tert-OH is 2. The van der Waals surface area contributed by atoms with Gasteiger partial charge in [0, 0.05) is 11.5 Å². The number of carbonyl (C=O) groups excluding carboxylic acids is 2. The molecule has 0 amide bonds. The fourth-order valence-electron chi connectivity index (χ4n) is 2.10. The topological polar surface area (TPSA) is 93.1 Å². The molecule has 0 aliphatic carbocycles. The smallest absolute Gasteiger partial charge is 0.309 e. The molecule has 2 N–H and O–H groups in total. The molecule has 0 heterocycles. The van der Waals surface area contributed by atoms with Gasteiger partial charge in [-0.15, -0.1) is 0 Å². The van der Waals surface area contributed by atoms with Crippen molar-refractivity contribution in [3.8, 4) is 0 Å². The lowest BCUT2D eigenvalue weighted by Gasteiger charge is -2.20. The Kier molecular flexibility index (Phi) is 14.5. The van der Waals surface area contributed by atoms with E-state index >= 15 is 0 Å². The van der Waals surface area contributed by atoms with Crippen molar-refractivity contribution in [2.75, 3.05) is 11.5 Å². The highest BCUT2D eigenvalue weighted by atomic mass is 33.1. The zero-order valence-corrected chi connectivity index (χ0v) is 20.7. The van der Waals surface area contributed by atoms with Gasteiger partial charge in [-0.3, -0.25) is 9.59 Å². The zero-order chi connectivity index (χ0) is 23.2. The molecule has 2 atom stereocenters. The summed E-state index contributed by atoms with van der Waals surface area (Å²) in [6.45, 7) is 10.8. The maximum Gasteiger partial charge on any atom is 0.309 e. The number of aliphatic hydroxyl groups is 2. The molecule has 174 valence electrons. The summed E-state index contributed by atoms with van der Waals surface area (Å²) in [4.78, 5) is 23.2. The van der Waals surface area contributed by atoms with Gasteiger partial charge in [-0.05, 0) is 54.4 Å². The molecule has 0 bridgehead atoms. The molecular formula is C22H38O6S2. The second-order valence-electron chi connectivity index (χ2n) is 8.79. The fourth-order valence-corrected chi connectivity index (χ4v) is 4.09. The van der Waals surface area contributed by atoms with E-state index in [0.717, 1.165) is 24.3 Å². The van der Waals surface area contributed by atoms with E-state index in [0.29, 0.717) is 0 Å². The Hall–Kier alpha value is -0.960. The third-order valence-electron chi connectivity index (χ3n) is 3.13. The number of esters is 2. The molecule has 6 nitrogen and oxygen atoms in total. The highest BCUT2D eigenvalue weighted by molar-refractivity contribution is 8.76. The summed E-state index contributed by atoms with van der Waals surface area (Å²) in [5, 5.41) is 19.6. The predicted octanol–water partition coefficient (Wildman–Crippen LogP) is 4.45. The van der Waals surface area contributed by atoms with E-state index in [4.69, 9.17) is 9.47 Å². The Balaban J connectivity index is 3.75. The van der Waals surface area contributed by atoms with Crippen molar-refractivity contribution in [1.82, 2.24) is 0 Å². The molecule has 0 rings (SSSR count). The van der Waals surface area contributed by atoms with Crippen LogP contribution in [0, 0.1) is 0 Å². The van der Waals surface area contributed by atoms with Crippen LogP contribution < -0.4 is 0 Å². The minimum absolute atomic E-state index is 0.0399. The van der Waals surface area contributed by atoms with Crippen LogP contribution in [0.5, 0.6) is 0 Å². The van der Waals surface area contributed by atoms with Crippen molar-refractivity contribution in [1.29, 1.82) is 0 Å². The van der Waals surface area contributed by atoms with E-state index in [1.54, 1.807) is 75.3 Å². The summed E-state index contributed by atoms with van der Waals surface area (Å²) >= 11 is 0. The normalized spacial score (nSPS) is 14.8. The monoisotopic (exact) mass is 462 g/mol. The second-order valence-corrected chi connectivity index (χ2v) is 11.5. The predicted molar refractivity (Wildman–Crippen MR) is 125 cm³/mol. The molecule has 0 spiro atoms. The Bertz CT molecular complexity index is 511. The van der Waals surface area contributed by atoms with Crippen LogP contribution in [-0.4, -0.2) is 57.1 Å². The number of rotatable bonds is 13. The molecule has 30 heavy (non-hydrogen) atoms. The van der Waals surface area contributed by atoms with Crippen LogP contribution >= 0.6 is 21.6 Å². The number of hydrogen-bond donors (Lipinski definition) is 2. The van der Waals surface area contributed by atoms with Crippen LogP contribution in [-0.2, 0) is 19.1 Å². The Morgan fingerprint density at radius 2 is 1.10 bits per heavy atom. The van der Waals surface area contributed by atoms with Crippen LogP contribution in [0.3, 0.4) is 0 Å². The number of allylic oxidation sites excluding steroid dienone is 2. The first-order valence-electron chi connectivity index (χ1n) is 10.2. The maximum absolute atomic E-state index is 11.6. The van der Waals surface area contributed by atoms with Crippen molar-refractivity contribution in [2.24, 2.45) is 0 Å². The molecule has 0 fully saturated rings. The van der Waals surface area contributed by atoms with Gasteiger partial charge in [-0.2, -0.15) is 0 Å². The van der Waals surface area contributed by atoms with Crippen LogP contribution in [0.4, 0.5) is 0 Å². The lowest BCUT2D eigenvalue weighted by Crippen LogP contribution is -2.26. The van der Waals surface area contributed by atoms with Gasteiger partial charge >= 0.3 is 11.9 Å². The molecule has 2 unspecified atom stereocenters. The van der Waals surface area contributed by atoms with Crippen molar-refractivity contribution < 1.29 is 29.3 Å². The van der Waals surface area contributed by atoms with Crippen molar-refractivity contribution in [3.63, 3.8) is 0 Å². The molecule has 8 heteroatoms. The lowest BCUT2D eigenvalue weighted by atomic mass is 10.2. The van der Waals surface area contributed by atoms with Gasteiger partial charge in [0.25, 0.3) is 0 Å². The van der Waals surface area contributed by atoms with Crippen LogP contribution in [0.2, 0.25) is 0 Å². The largest absolute Gasteiger partial charge is 0.460 e. The molecule has 0 aliphatic heterocycles. The van der Waals surface area contributed by atoms with E-state index in [9.17, 15) is 19.8 Å². The number of carbonyl (C=O) groups is 2. The van der Waals surface area contributed by atoms with Gasteiger partial charge in [-0.1, -0.05) is 45.9 Å². The molecule has 0 aliphatic rings. The maximum atomic E-state index is 11.6. The van der Waals surface area contributed by atoms with E-state index in [1.165, 1.54) is 0 Å². The summed E-state index contributed by atoms with van der Waals surface area (Å²) in [7, 11) is 3.45. The lowest BCUT2D eigenvalue weighted by molar-refractivity contribution is -0.157. The summed E-state index contributed by atoms with van der Waals surface area (Å²) in [6.07, 6.45) is 6.87. The van der Waals surface area contributed by atoms with E-state index in [-0.39, 0.29) is 12.8 Å². The van der Waals surface area contributed by atoms with Gasteiger partial charge in [0.15, 0.2) is 0 Å². The highest BCUT2D eigenvalue weighted by Gasteiger charge is 2.18. The Labute approximate surface area is 189 Å². The first-order chi connectivity index (χ1) is 13.8. The average molecular weight is 463 g/mol. The van der Waals surface area contributed by atoms with Gasteiger partial charge in [0.05, 0.1) is 25.0 Å². The Morgan fingerprint density at radius 1 is 0.767 bits per heavy atom. The minimum Gasteiger partial charge on any atom is -0.460 e. The molecule has 0 saturated carbocycles. The van der Waals surface area contributed by atoms with Gasteiger partial charge in [-0.25, -0.2) is 0 Å². The number of ether oxygens (including phenoxy) is 2. The molecule has 0 saturated heterocycles. The van der Waals surface area contributed by atoms with Crippen molar-refractivity contribution in [2.45, 2.75) is 90.6 Å². The first kappa shape index (κ1) is 29.0. The van der Waals surface area contributed by atoms with Crippen LogP contribution in [0.15, 0.2) is 24.3 Å². The SMILES string of the molecule is CC(C)(C)OC(=O)CC(O)/C=C/CCSSCC/C=C/C(O)CC(=O)OC(C)(C)C. The summed E-state index contributed by atoms with van der Waals surface area (Å²) < 4.78 is 10.3. The molecule has 0 radical (unpaired) electrons. The quantitative estimate of drug-likeness (QED) is 0.179. The van der Waals surface area contributed by atoms with E-state index in [1.807, 2.05) is 12.2 Å². The summed E-state index contributed by atoms with van der Waals surface area (Å²) in [6, 6.07) is 0. The highest BCUT2D eigenvalue weighted by Crippen LogP contribution is 2.23. The fraction of sp³-hybridized carbons (Fsp3) is 0.727. The zero-order valence-electron chi connectivity index (χ0n) is 19.1. The number of hydrogen-bond acceptors (Lipinski definition) is 8. The molecule has 0 aromatic heterocycles. The van der Waals surface area contributed by atoms with Crippen molar-refractivity contribution in [3.05, 3.63) is 24.3 Å². The van der Waals surface area contributed by atoms with Crippen LogP contribution in [0.25, 0.3) is 0 Å². The molecular weight excluding hydrogens is 424 g/mol. The third-order valence-corrected chi connectivity index (χ3v) is 5.60.